The Morgan fingerprint density at radius 3 is 2.70 bits per heavy atom. The van der Waals surface area contributed by atoms with Gasteiger partial charge in [-0.05, 0) is 5.56 Å². The zero-order valence-electron chi connectivity index (χ0n) is 11.2. The molecule has 2 rings (SSSR count). The topological polar surface area (TPSA) is 54.0 Å². The average Bonchev–Trinajstić information content (AvgIpc) is 2.47. The van der Waals surface area contributed by atoms with Crippen LogP contribution in [0.4, 0.5) is 0 Å². The van der Waals surface area contributed by atoms with Gasteiger partial charge in [0.2, 0.25) is 0 Å². The number of esters is 1. The van der Waals surface area contributed by atoms with Crippen LogP contribution in [0.5, 0.6) is 0 Å². The van der Waals surface area contributed by atoms with Crippen LogP contribution in [0.25, 0.3) is 0 Å². The number of rotatable bonds is 4. The molecule has 0 amide bonds. The number of hydrogen-bond donors (Lipinski definition) is 0. The zero-order valence-corrected chi connectivity index (χ0v) is 11.2. The van der Waals surface area contributed by atoms with Crippen LogP contribution in [0.1, 0.15) is 16.8 Å². The van der Waals surface area contributed by atoms with Gasteiger partial charge in [-0.3, -0.25) is 4.79 Å². The van der Waals surface area contributed by atoms with Gasteiger partial charge in [0.05, 0.1) is 6.42 Å². The van der Waals surface area contributed by atoms with E-state index < -0.39 is 0 Å². The zero-order chi connectivity index (χ0) is 14.4. The van der Waals surface area contributed by atoms with Crippen molar-refractivity contribution in [1.82, 2.24) is 0 Å². The summed E-state index contributed by atoms with van der Waals surface area (Å²) in [5.41, 5.74) is 2.26. The van der Waals surface area contributed by atoms with E-state index in [2.05, 4.69) is 6.07 Å². The maximum atomic E-state index is 11.7. The second-order valence-electron chi connectivity index (χ2n) is 4.47. The lowest BCUT2D eigenvalue weighted by Crippen LogP contribution is -2.31. The number of carbonyl (C=O) groups is 1. The second kappa shape index (κ2) is 6.48. The van der Waals surface area contributed by atoms with Crippen LogP contribution < -0.4 is 4.57 Å². The third-order valence-corrected chi connectivity index (χ3v) is 2.92. The van der Waals surface area contributed by atoms with Crippen molar-refractivity contribution in [2.45, 2.75) is 13.0 Å². The molecule has 0 fully saturated rings. The van der Waals surface area contributed by atoms with Crippen LogP contribution in [-0.2, 0) is 29.6 Å². The van der Waals surface area contributed by atoms with Gasteiger partial charge in [-0.25, -0.2) is 0 Å². The lowest BCUT2D eigenvalue weighted by molar-refractivity contribution is -0.674. The molecule has 100 valence electrons. The number of pyridine rings is 1. The van der Waals surface area contributed by atoms with Crippen molar-refractivity contribution in [3.05, 3.63) is 65.5 Å². The second-order valence-corrected chi connectivity index (χ2v) is 4.47. The molecular weight excluding hydrogens is 252 g/mol. The van der Waals surface area contributed by atoms with Crippen molar-refractivity contribution in [2.24, 2.45) is 7.05 Å². The van der Waals surface area contributed by atoms with Crippen LogP contribution in [0, 0.1) is 11.3 Å². The Kier molecular flexibility index (Phi) is 4.46. The van der Waals surface area contributed by atoms with Gasteiger partial charge in [0, 0.05) is 17.7 Å². The van der Waals surface area contributed by atoms with Crippen LogP contribution in [0.15, 0.2) is 48.7 Å². The van der Waals surface area contributed by atoms with E-state index in [0.717, 1.165) is 11.1 Å². The minimum absolute atomic E-state index is 0.182. The highest BCUT2D eigenvalue weighted by Gasteiger charge is 2.09. The highest BCUT2D eigenvalue weighted by atomic mass is 16.5. The molecular formula is C16H15N2O2+. The van der Waals surface area contributed by atoms with Gasteiger partial charge in [-0.15, -0.1) is 0 Å². The molecule has 1 heterocycles. The maximum Gasteiger partial charge on any atom is 0.310 e. The molecule has 0 aliphatic carbocycles. The molecule has 0 radical (unpaired) electrons. The molecule has 0 saturated carbocycles. The Balaban J connectivity index is 1.92. The molecule has 0 atom stereocenters. The van der Waals surface area contributed by atoms with Crippen molar-refractivity contribution in [2.75, 3.05) is 0 Å². The fourth-order valence-corrected chi connectivity index (χ4v) is 1.79. The number of aryl methyl sites for hydroxylation is 1. The van der Waals surface area contributed by atoms with Crippen LogP contribution in [0.3, 0.4) is 0 Å². The highest BCUT2D eigenvalue weighted by Crippen LogP contribution is 2.05. The van der Waals surface area contributed by atoms with Crippen molar-refractivity contribution in [3.8, 4) is 6.07 Å². The van der Waals surface area contributed by atoms with Gasteiger partial charge in [0.1, 0.15) is 13.7 Å². The molecule has 0 aliphatic rings. The summed E-state index contributed by atoms with van der Waals surface area (Å²) < 4.78 is 6.93. The molecule has 0 unspecified atom stereocenters. The first kappa shape index (κ1) is 13.8. The van der Waals surface area contributed by atoms with Crippen molar-refractivity contribution < 1.29 is 14.1 Å². The summed E-state index contributed by atoms with van der Waals surface area (Å²) >= 11 is 0. The summed E-state index contributed by atoms with van der Waals surface area (Å²) in [4.78, 5) is 11.7. The van der Waals surface area contributed by atoms with Gasteiger partial charge in [0.25, 0.3) is 5.69 Å². The maximum absolute atomic E-state index is 11.7. The molecule has 1 aromatic heterocycles. The number of nitrogens with zero attached hydrogens (tertiary/aromatic N) is 2. The minimum atomic E-state index is -0.275. The van der Waals surface area contributed by atoms with E-state index >= 15 is 0 Å². The Hall–Kier alpha value is -2.67. The third-order valence-electron chi connectivity index (χ3n) is 2.92. The molecule has 1 aromatic carbocycles. The Morgan fingerprint density at radius 2 is 2.00 bits per heavy atom. The predicted octanol–water partition coefficient (Wildman–Crippen LogP) is 1.67. The van der Waals surface area contributed by atoms with Gasteiger partial charge in [0.15, 0.2) is 12.3 Å². The monoisotopic (exact) mass is 267 g/mol. The molecule has 0 N–H and O–H groups in total. The molecule has 2 aromatic rings. The largest absolute Gasteiger partial charge is 0.461 e. The van der Waals surface area contributed by atoms with E-state index in [1.807, 2.05) is 36.4 Å². The standard InChI is InChI=1S/C16H15N2O2/c1-18-8-7-14(9-15(18)11-17)12-20-16(19)10-13-5-3-2-4-6-13/h2-9H,10,12H2,1H3/q+1. The summed E-state index contributed by atoms with van der Waals surface area (Å²) in [5.74, 6) is -0.275. The average molecular weight is 267 g/mol. The molecule has 4 nitrogen and oxygen atoms in total. The quantitative estimate of drug-likeness (QED) is 0.625. The molecule has 0 spiro atoms. The van der Waals surface area contributed by atoms with Gasteiger partial charge < -0.3 is 4.74 Å². The lowest BCUT2D eigenvalue weighted by atomic mass is 10.1. The smallest absolute Gasteiger partial charge is 0.310 e. The first-order valence-corrected chi connectivity index (χ1v) is 6.27. The third kappa shape index (κ3) is 3.66. The van der Waals surface area contributed by atoms with E-state index in [0.29, 0.717) is 5.69 Å². The molecule has 0 aliphatic heterocycles. The normalized spacial score (nSPS) is 9.80. The van der Waals surface area contributed by atoms with Crippen molar-refractivity contribution in [3.63, 3.8) is 0 Å². The number of carbonyl (C=O) groups excluding carboxylic acids is 1. The van der Waals surface area contributed by atoms with E-state index in [4.69, 9.17) is 10.00 Å². The number of ether oxygens (including phenoxy) is 1. The van der Waals surface area contributed by atoms with Crippen molar-refractivity contribution >= 4 is 5.97 Å². The molecule has 0 saturated heterocycles. The van der Waals surface area contributed by atoms with E-state index in [9.17, 15) is 4.79 Å². The highest BCUT2D eigenvalue weighted by molar-refractivity contribution is 5.72. The van der Waals surface area contributed by atoms with Crippen LogP contribution in [-0.4, -0.2) is 5.97 Å². The number of benzene rings is 1. The van der Waals surface area contributed by atoms with Gasteiger partial charge in [-0.1, -0.05) is 30.3 Å². The van der Waals surface area contributed by atoms with Gasteiger partial charge >= 0.3 is 5.97 Å². The Bertz CT molecular complexity index is 645. The molecule has 0 bridgehead atoms. The fraction of sp³-hybridized carbons (Fsp3) is 0.188. The summed E-state index contributed by atoms with van der Waals surface area (Å²) in [6, 6.07) is 15.1. The number of aromatic nitrogens is 1. The Labute approximate surface area is 117 Å². The van der Waals surface area contributed by atoms with Crippen LogP contribution in [0.2, 0.25) is 0 Å². The Morgan fingerprint density at radius 1 is 1.25 bits per heavy atom. The summed E-state index contributed by atoms with van der Waals surface area (Å²) in [6.07, 6.45) is 2.03. The number of nitriles is 1. The SMILES string of the molecule is C[n+]1ccc(COC(=O)Cc2ccccc2)cc1C#N. The fourth-order valence-electron chi connectivity index (χ4n) is 1.79. The minimum Gasteiger partial charge on any atom is -0.461 e. The summed E-state index contributed by atoms with van der Waals surface area (Å²) in [5, 5.41) is 8.94. The van der Waals surface area contributed by atoms with E-state index in [-0.39, 0.29) is 19.0 Å². The summed E-state index contributed by atoms with van der Waals surface area (Å²) in [7, 11) is 1.80. The predicted molar refractivity (Wildman–Crippen MR) is 72.3 cm³/mol. The van der Waals surface area contributed by atoms with Crippen molar-refractivity contribution in [1.29, 1.82) is 5.26 Å². The van der Waals surface area contributed by atoms with Crippen LogP contribution >= 0.6 is 0 Å². The van der Waals surface area contributed by atoms with E-state index in [1.54, 1.807) is 23.9 Å². The first-order valence-electron chi connectivity index (χ1n) is 6.27. The first-order chi connectivity index (χ1) is 9.69. The summed E-state index contributed by atoms with van der Waals surface area (Å²) in [6.45, 7) is 0.182. The molecule has 20 heavy (non-hydrogen) atoms. The molecule has 4 heteroatoms. The van der Waals surface area contributed by atoms with Gasteiger partial charge in [-0.2, -0.15) is 9.83 Å². The van der Waals surface area contributed by atoms with E-state index in [1.165, 1.54) is 0 Å². The lowest BCUT2D eigenvalue weighted by Gasteiger charge is -2.05. The number of hydrogen-bond acceptors (Lipinski definition) is 3.